The zero-order valence-electron chi connectivity index (χ0n) is 16.3. The van der Waals surface area contributed by atoms with Gasteiger partial charge < -0.3 is 25.4 Å². The number of carbonyl (C=O) groups excluding carboxylic acids is 1. The Hall–Kier alpha value is -2.83. The Bertz CT molecular complexity index is 1160. The van der Waals surface area contributed by atoms with Crippen molar-refractivity contribution in [3.05, 3.63) is 46.5 Å². The van der Waals surface area contributed by atoms with Crippen LogP contribution in [0.4, 0.5) is 10.2 Å². The fraction of sp³-hybridized carbons (Fsp3) is 0.316. The number of carbonyl (C=O) groups is 1. The Kier molecular flexibility index (Phi) is 5.54. The molecule has 1 unspecified atom stereocenters. The third-order valence-electron chi connectivity index (χ3n) is 4.81. The van der Waals surface area contributed by atoms with E-state index in [0.717, 1.165) is 6.42 Å². The number of aryl methyl sites for hydroxylation is 1. The highest BCUT2D eigenvalue weighted by Gasteiger charge is 2.25. The van der Waals surface area contributed by atoms with Gasteiger partial charge in [0.05, 0.1) is 25.0 Å². The van der Waals surface area contributed by atoms with Crippen molar-refractivity contribution >= 4 is 29.0 Å². The van der Waals surface area contributed by atoms with Crippen LogP contribution in [0.3, 0.4) is 0 Å². The number of fused-ring (bicyclic) bond motifs is 1. The van der Waals surface area contributed by atoms with Crippen LogP contribution < -0.4 is 10.6 Å². The third kappa shape index (κ3) is 4.45. The molecule has 1 fully saturated rings. The smallest absolute Gasteiger partial charge is 0.369 e. The molecule has 5 N–H and O–H groups in total. The number of nitrogens with zero attached hydrogens (tertiary/aromatic N) is 3. The number of nitrogens with one attached hydrogen (secondary N) is 2. The topological polar surface area (TPSA) is 141 Å². The number of aromatic nitrogens is 3. The third-order valence-corrected chi connectivity index (χ3v) is 5.08. The van der Waals surface area contributed by atoms with Crippen LogP contribution in [0.2, 0.25) is 5.02 Å². The number of ether oxygens (including phenoxy) is 1. The van der Waals surface area contributed by atoms with Gasteiger partial charge in [0.1, 0.15) is 16.7 Å². The molecule has 2 aromatic heterocycles. The second-order valence-corrected chi connectivity index (χ2v) is 7.62. The van der Waals surface area contributed by atoms with Gasteiger partial charge in [0.2, 0.25) is 0 Å². The molecule has 0 spiro atoms. The van der Waals surface area contributed by atoms with Gasteiger partial charge in [-0.3, -0.25) is 10.1 Å². The van der Waals surface area contributed by atoms with Crippen LogP contribution in [0.25, 0.3) is 16.8 Å². The minimum atomic E-state index is -3.41. The van der Waals surface area contributed by atoms with E-state index in [4.69, 9.17) is 31.7 Å². The molecule has 10 nitrogen and oxygen atoms in total. The summed E-state index contributed by atoms with van der Waals surface area (Å²) in [6.07, 6.45) is 0.300. The lowest BCUT2D eigenvalue weighted by Crippen LogP contribution is -2.48. The van der Waals surface area contributed by atoms with Gasteiger partial charge in [-0.15, -0.1) is 0 Å². The maximum absolute atomic E-state index is 15.0. The van der Waals surface area contributed by atoms with Crippen molar-refractivity contribution in [2.24, 2.45) is 0 Å². The molecule has 1 amide bonds. The van der Waals surface area contributed by atoms with Crippen molar-refractivity contribution in [3.63, 3.8) is 0 Å². The normalized spacial score (nSPS) is 16.6. The first-order valence-corrected chi connectivity index (χ1v) is 9.68. The molecule has 1 aliphatic heterocycles. The largest absolute Gasteiger partial charge is 0.379 e. The summed E-state index contributed by atoms with van der Waals surface area (Å²) in [6.45, 7) is 2.59. The number of benzene rings is 1. The number of hydrogen-bond donors (Lipinski definition) is 5. The first-order valence-electron chi connectivity index (χ1n) is 9.30. The molecule has 1 aliphatic rings. The Morgan fingerprint density at radius 3 is 2.81 bits per heavy atom. The van der Waals surface area contributed by atoms with Crippen LogP contribution in [0.5, 0.6) is 0 Å². The highest BCUT2D eigenvalue weighted by atomic mass is 35.5. The van der Waals surface area contributed by atoms with E-state index in [1.165, 1.54) is 36.0 Å². The first kappa shape index (κ1) is 21.4. The van der Waals surface area contributed by atoms with Crippen molar-refractivity contribution in [1.29, 1.82) is 0 Å². The molecule has 164 valence electrons. The van der Waals surface area contributed by atoms with E-state index in [1.54, 1.807) is 5.32 Å². The van der Waals surface area contributed by atoms with E-state index in [-0.39, 0.29) is 22.7 Å². The summed E-state index contributed by atoms with van der Waals surface area (Å²) in [4.78, 5) is 16.7. The molecular weight excluding hydrogens is 433 g/mol. The lowest BCUT2D eigenvalue weighted by Gasteiger charge is -2.16. The molecule has 12 heteroatoms. The summed E-state index contributed by atoms with van der Waals surface area (Å²) in [5.74, 6) is -1.24. The molecule has 3 aromatic rings. The van der Waals surface area contributed by atoms with E-state index in [2.05, 4.69) is 15.4 Å². The lowest BCUT2D eigenvalue weighted by molar-refractivity contribution is -0.323. The summed E-state index contributed by atoms with van der Waals surface area (Å²) < 4.78 is 21.7. The van der Waals surface area contributed by atoms with Crippen LogP contribution in [0.15, 0.2) is 24.5 Å². The maximum atomic E-state index is 15.0. The summed E-state index contributed by atoms with van der Waals surface area (Å²) in [5, 5.41) is 36.3. The number of halogens is 2. The second-order valence-electron chi connectivity index (χ2n) is 7.21. The Balaban J connectivity index is 1.78. The number of anilines is 1. The quantitative estimate of drug-likeness (QED) is 0.362. The summed E-state index contributed by atoms with van der Waals surface area (Å²) in [5.41, 5.74) is 0.620. The number of aliphatic hydroxyl groups is 3. The standard InChI is InChI=1S/C19H19ClFN5O5/c1-9-4-10(18(27)25-19(28,29)30)5-12(15(9)21)13-6-22-26-7-14(20)16(24-17(13)26)23-11-2-3-31-8-11/h4-7,11,28-30H,2-3,8H2,1H3,(H,23,24)(H,25,27). The lowest BCUT2D eigenvalue weighted by atomic mass is 10.0. The van der Waals surface area contributed by atoms with Crippen molar-refractivity contribution < 1.29 is 29.2 Å². The summed E-state index contributed by atoms with van der Waals surface area (Å²) in [7, 11) is 0. The van der Waals surface area contributed by atoms with Gasteiger partial charge in [-0.1, -0.05) is 11.6 Å². The molecule has 0 bridgehead atoms. The summed E-state index contributed by atoms with van der Waals surface area (Å²) in [6, 6.07) is 2.46. The Morgan fingerprint density at radius 2 is 2.13 bits per heavy atom. The molecule has 1 saturated heterocycles. The molecule has 3 heterocycles. The molecule has 1 aromatic carbocycles. The van der Waals surface area contributed by atoms with Crippen molar-refractivity contribution in [2.45, 2.75) is 25.5 Å². The fourth-order valence-corrected chi connectivity index (χ4v) is 3.53. The van der Waals surface area contributed by atoms with Crippen LogP contribution in [-0.2, 0) is 4.74 Å². The van der Waals surface area contributed by atoms with Gasteiger partial charge in [-0.25, -0.2) is 13.9 Å². The van der Waals surface area contributed by atoms with E-state index in [9.17, 15) is 9.18 Å². The second kappa shape index (κ2) is 8.02. The van der Waals surface area contributed by atoms with E-state index in [0.29, 0.717) is 35.3 Å². The monoisotopic (exact) mass is 451 g/mol. The van der Waals surface area contributed by atoms with Crippen LogP contribution in [-0.4, -0.2) is 61.2 Å². The molecule has 0 aliphatic carbocycles. The average molecular weight is 452 g/mol. The number of rotatable bonds is 5. The zero-order chi connectivity index (χ0) is 22.3. The highest BCUT2D eigenvalue weighted by Crippen LogP contribution is 2.32. The predicted molar refractivity (Wildman–Crippen MR) is 108 cm³/mol. The molecule has 1 atom stereocenters. The predicted octanol–water partition coefficient (Wildman–Crippen LogP) is 1.02. The summed E-state index contributed by atoms with van der Waals surface area (Å²) >= 11 is 6.30. The van der Waals surface area contributed by atoms with Crippen LogP contribution in [0.1, 0.15) is 22.3 Å². The first-order chi connectivity index (χ1) is 14.6. The maximum Gasteiger partial charge on any atom is 0.369 e. The van der Waals surface area contributed by atoms with Gasteiger partial charge in [-0.2, -0.15) is 5.10 Å². The van der Waals surface area contributed by atoms with E-state index < -0.39 is 17.8 Å². The van der Waals surface area contributed by atoms with Gasteiger partial charge in [0.25, 0.3) is 5.91 Å². The molecule has 31 heavy (non-hydrogen) atoms. The highest BCUT2D eigenvalue weighted by molar-refractivity contribution is 6.32. The minimum absolute atomic E-state index is 0.0181. The molecule has 4 rings (SSSR count). The van der Waals surface area contributed by atoms with Gasteiger partial charge in [0, 0.05) is 23.3 Å². The number of amides is 1. The van der Waals surface area contributed by atoms with E-state index in [1.807, 2.05) is 0 Å². The van der Waals surface area contributed by atoms with Gasteiger partial charge in [-0.05, 0) is 31.0 Å². The molecular formula is C19H19ClFN5O5. The van der Waals surface area contributed by atoms with Crippen molar-refractivity contribution in [2.75, 3.05) is 18.5 Å². The number of hydrogen-bond acceptors (Lipinski definition) is 8. The zero-order valence-corrected chi connectivity index (χ0v) is 17.0. The van der Waals surface area contributed by atoms with Gasteiger partial charge in [0.15, 0.2) is 5.65 Å². The minimum Gasteiger partial charge on any atom is -0.379 e. The fourth-order valence-electron chi connectivity index (χ4n) is 3.34. The van der Waals surface area contributed by atoms with Crippen LogP contribution in [0, 0.1) is 12.7 Å². The molecule has 0 saturated carbocycles. The van der Waals surface area contributed by atoms with Crippen LogP contribution >= 0.6 is 11.6 Å². The van der Waals surface area contributed by atoms with Crippen molar-refractivity contribution in [1.82, 2.24) is 19.9 Å². The average Bonchev–Trinajstić information content (AvgIpc) is 3.32. The Morgan fingerprint density at radius 1 is 1.35 bits per heavy atom. The Labute approximate surface area is 180 Å². The van der Waals surface area contributed by atoms with Gasteiger partial charge >= 0.3 is 6.10 Å². The molecule has 0 radical (unpaired) electrons. The van der Waals surface area contributed by atoms with Crippen molar-refractivity contribution in [3.8, 4) is 11.1 Å². The van der Waals surface area contributed by atoms with E-state index >= 15 is 0 Å². The SMILES string of the molecule is Cc1cc(C(=O)NC(O)(O)O)cc(-c2cnn3cc(Cl)c(NC4CCOC4)nc23)c1F.